The van der Waals surface area contributed by atoms with Crippen LogP contribution < -0.4 is 5.32 Å². The van der Waals surface area contributed by atoms with E-state index in [2.05, 4.69) is 27.8 Å². The zero-order chi connectivity index (χ0) is 11.3. The molecule has 0 saturated heterocycles. The molecule has 0 aliphatic carbocycles. The summed E-state index contributed by atoms with van der Waals surface area (Å²) in [6.45, 7) is 3.52. The van der Waals surface area contributed by atoms with Crippen molar-refractivity contribution in [3.05, 3.63) is 41.1 Å². The van der Waals surface area contributed by atoms with Crippen molar-refractivity contribution in [1.29, 1.82) is 0 Å². The first-order chi connectivity index (χ1) is 7.13. The van der Waals surface area contributed by atoms with Crippen molar-refractivity contribution >= 4 is 27.5 Å². The van der Waals surface area contributed by atoms with E-state index in [0.717, 1.165) is 0 Å². The Morgan fingerprint density at radius 1 is 1.60 bits per heavy atom. The molecule has 4 heteroatoms. The molecule has 0 aliphatic heterocycles. The minimum atomic E-state index is -0.392. The number of carbonyl (C=O) groups excluding carboxylic acids is 1. The molecule has 1 aromatic rings. The molecule has 0 spiro atoms. The Labute approximate surface area is 96.3 Å². The van der Waals surface area contributed by atoms with Crippen LogP contribution in [-0.2, 0) is 4.79 Å². The summed E-state index contributed by atoms with van der Waals surface area (Å²) in [6.07, 6.45) is 2.65. The van der Waals surface area contributed by atoms with Crippen LogP contribution in [0.25, 0.3) is 0 Å². The fraction of sp³-hybridized carbons (Fsp3) is 0.182. The molecular formula is C11H11BrFNO. The standard InChI is InChI=1S/C11H11BrFNO/c1-2-3-4-11(15)14-8-5-6-9(12)10(13)7-8/h2,5-7H,1,3-4H2,(H,14,15). The molecule has 0 radical (unpaired) electrons. The number of nitrogens with one attached hydrogen (secondary N) is 1. The van der Waals surface area contributed by atoms with Gasteiger partial charge in [-0.2, -0.15) is 0 Å². The van der Waals surface area contributed by atoms with Crippen LogP contribution in [0.15, 0.2) is 35.3 Å². The fourth-order valence-corrected chi connectivity index (χ4v) is 1.28. The lowest BCUT2D eigenvalue weighted by molar-refractivity contribution is -0.116. The van der Waals surface area contributed by atoms with Crippen molar-refractivity contribution in [3.8, 4) is 0 Å². The predicted octanol–water partition coefficient (Wildman–Crippen LogP) is 3.49. The van der Waals surface area contributed by atoms with Crippen LogP contribution in [0.1, 0.15) is 12.8 Å². The largest absolute Gasteiger partial charge is 0.326 e. The van der Waals surface area contributed by atoms with Gasteiger partial charge < -0.3 is 5.32 Å². The lowest BCUT2D eigenvalue weighted by Crippen LogP contribution is -2.10. The molecule has 1 N–H and O–H groups in total. The highest BCUT2D eigenvalue weighted by Crippen LogP contribution is 2.19. The Morgan fingerprint density at radius 3 is 2.93 bits per heavy atom. The highest BCUT2D eigenvalue weighted by atomic mass is 79.9. The van der Waals surface area contributed by atoms with Gasteiger partial charge in [-0.3, -0.25) is 4.79 Å². The number of carbonyl (C=O) groups is 1. The molecule has 0 bridgehead atoms. The molecule has 0 heterocycles. The van der Waals surface area contributed by atoms with E-state index < -0.39 is 5.82 Å². The zero-order valence-corrected chi connectivity index (χ0v) is 9.68. The predicted molar refractivity (Wildman–Crippen MR) is 62.2 cm³/mol. The van der Waals surface area contributed by atoms with Crippen molar-refractivity contribution < 1.29 is 9.18 Å². The van der Waals surface area contributed by atoms with E-state index in [0.29, 0.717) is 23.0 Å². The quantitative estimate of drug-likeness (QED) is 0.835. The minimum absolute atomic E-state index is 0.142. The van der Waals surface area contributed by atoms with Gasteiger partial charge in [0.15, 0.2) is 0 Å². The van der Waals surface area contributed by atoms with Crippen molar-refractivity contribution in [2.75, 3.05) is 5.32 Å². The van der Waals surface area contributed by atoms with Gasteiger partial charge in [0.05, 0.1) is 4.47 Å². The molecule has 1 amide bonds. The van der Waals surface area contributed by atoms with Gasteiger partial charge in [0.1, 0.15) is 5.82 Å². The number of anilines is 1. The Bertz CT molecular complexity index is 379. The highest BCUT2D eigenvalue weighted by molar-refractivity contribution is 9.10. The van der Waals surface area contributed by atoms with Gasteiger partial charge in [0, 0.05) is 12.1 Å². The average molecular weight is 272 g/mol. The third-order valence-corrected chi connectivity index (χ3v) is 2.42. The van der Waals surface area contributed by atoms with Gasteiger partial charge >= 0.3 is 0 Å². The molecule has 0 fully saturated rings. The van der Waals surface area contributed by atoms with Crippen LogP contribution in [0, 0.1) is 5.82 Å². The smallest absolute Gasteiger partial charge is 0.224 e. The van der Waals surface area contributed by atoms with Crippen LogP contribution in [0.3, 0.4) is 0 Å². The van der Waals surface area contributed by atoms with E-state index >= 15 is 0 Å². The van der Waals surface area contributed by atoms with Gasteiger partial charge in [0.2, 0.25) is 5.91 Å². The second-order valence-electron chi connectivity index (χ2n) is 3.00. The maximum absolute atomic E-state index is 13.1. The van der Waals surface area contributed by atoms with Gasteiger partial charge in [-0.05, 0) is 40.5 Å². The third kappa shape index (κ3) is 3.83. The summed E-state index contributed by atoms with van der Waals surface area (Å²) in [4.78, 5) is 11.3. The van der Waals surface area contributed by atoms with Gasteiger partial charge in [-0.25, -0.2) is 4.39 Å². The van der Waals surface area contributed by atoms with Crippen LogP contribution in [0.4, 0.5) is 10.1 Å². The molecule has 0 unspecified atom stereocenters. The van der Waals surface area contributed by atoms with E-state index in [-0.39, 0.29) is 5.91 Å². The van der Waals surface area contributed by atoms with Crippen LogP contribution >= 0.6 is 15.9 Å². The Kier molecular flexibility index (Phi) is 4.49. The maximum Gasteiger partial charge on any atom is 0.224 e. The second-order valence-corrected chi connectivity index (χ2v) is 3.86. The number of hydrogen-bond acceptors (Lipinski definition) is 1. The monoisotopic (exact) mass is 271 g/mol. The molecule has 15 heavy (non-hydrogen) atoms. The van der Waals surface area contributed by atoms with Crippen LogP contribution in [0.5, 0.6) is 0 Å². The van der Waals surface area contributed by atoms with E-state index in [1.54, 1.807) is 18.2 Å². The Balaban J connectivity index is 2.60. The van der Waals surface area contributed by atoms with Crippen molar-refractivity contribution in [2.24, 2.45) is 0 Å². The van der Waals surface area contributed by atoms with Crippen molar-refractivity contribution in [2.45, 2.75) is 12.8 Å². The summed E-state index contributed by atoms with van der Waals surface area (Å²) in [6, 6.07) is 4.47. The van der Waals surface area contributed by atoms with Gasteiger partial charge in [0.25, 0.3) is 0 Å². The fourth-order valence-electron chi connectivity index (χ4n) is 1.03. The van der Waals surface area contributed by atoms with E-state index in [4.69, 9.17) is 0 Å². The Morgan fingerprint density at radius 2 is 2.33 bits per heavy atom. The molecule has 80 valence electrons. The van der Waals surface area contributed by atoms with E-state index in [1.165, 1.54) is 6.07 Å². The summed E-state index contributed by atoms with van der Waals surface area (Å²) in [5.74, 6) is -0.534. The first-order valence-electron chi connectivity index (χ1n) is 4.49. The molecule has 2 nitrogen and oxygen atoms in total. The number of benzene rings is 1. The first-order valence-corrected chi connectivity index (χ1v) is 5.28. The molecule has 0 aromatic heterocycles. The van der Waals surface area contributed by atoms with Crippen molar-refractivity contribution in [3.63, 3.8) is 0 Å². The summed E-state index contributed by atoms with van der Waals surface area (Å²) < 4.78 is 13.4. The van der Waals surface area contributed by atoms with Crippen molar-refractivity contribution in [1.82, 2.24) is 0 Å². The maximum atomic E-state index is 13.1. The molecule has 1 rings (SSSR count). The number of rotatable bonds is 4. The summed E-state index contributed by atoms with van der Waals surface area (Å²) in [5, 5.41) is 2.60. The lowest BCUT2D eigenvalue weighted by Gasteiger charge is -2.04. The van der Waals surface area contributed by atoms with Crippen LogP contribution in [0.2, 0.25) is 0 Å². The highest BCUT2D eigenvalue weighted by Gasteiger charge is 2.03. The van der Waals surface area contributed by atoms with Gasteiger partial charge in [-0.1, -0.05) is 6.08 Å². The molecule has 0 atom stereocenters. The topological polar surface area (TPSA) is 29.1 Å². The van der Waals surface area contributed by atoms with Crippen LogP contribution in [-0.4, -0.2) is 5.91 Å². The normalized spacial score (nSPS) is 9.73. The SMILES string of the molecule is C=CCCC(=O)Nc1ccc(Br)c(F)c1. The molecule has 1 aromatic carbocycles. The van der Waals surface area contributed by atoms with E-state index in [1.807, 2.05) is 0 Å². The summed E-state index contributed by atoms with van der Waals surface area (Å²) in [5.41, 5.74) is 0.463. The number of allylic oxidation sites excluding steroid dienone is 1. The lowest BCUT2D eigenvalue weighted by atomic mass is 10.2. The second kappa shape index (κ2) is 5.66. The van der Waals surface area contributed by atoms with Gasteiger partial charge in [-0.15, -0.1) is 6.58 Å². The minimum Gasteiger partial charge on any atom is -0.326 e. The third-order valence-electron chi connectivity index (χ3n) is 1.78. The first kappa shape index (κ1) is 11.9. The summed E-state index contributed by atoms with van der Waals surface area (Å²) in [7, 11) is 0. The number of hydrogen-bond donors (Lipinski definition) is 1. The number of halogens is 2. The molecule has 0 saturated carbocycles. The zero-order valence-electron chi connectivity index (χ0n) is 8.09. The molecular weight excluding hydrogens is 261 g/mol. The average Bonchev–Trinajstić information content (AvgIpc) is 2.20. The summed E-state index contributed by atoms with van der Waals surface area (Å²) >= 11 is 3.04. The van der Waals surface area contributed by atoms with E-state index in [9.17, 15) is 9.18 Å². The molecule has 0 aliphatic rings. The Hall–Kier alpha value is -1.16. The number of amides is 1.